The number of carbonyl (C=O) groups excluding carboxylic acids is 4. The number of ketones is 2. The molecule has 0 heterocycles. The number of hydrogen-bond acceptors (Lipinski definition) is 4. The van der Waals surface area contributed by atoms with Crippen molar-refractivity contribution in [1.82, 2.24) is 10.6 Å². The summed E-state index contributed by atoms with van der Waals surface area (Å²) < 4.78 is 0. The van der Waals surface area contributed by atoms with Gasteiger partial charge in [0.2, 0.25) is 0 Å². The molecule has 29 heavy (non-hydrogen) atoms. The molecule has 0 aliphatic heterocycles. The maximum Gasteiger partial charge on any atom is 0.251 e. The van der Waals surface area contributed by atoms with Crippen LogP contribution in [-0.2, 0) is 9.59 Å². The average Bonchev–Trinajstić information content (AvgIpc) is 2.74. The van der Waals surface area contributed by atoms with Crippen molar-refractivity contribution in [3.8, 4) is 0 Å². The highest BCUT2D eigenvalue weighted by Crippen LogP contribution is 2.06. The lowest BCUT2D eigenvalue weighted by Gasteiger charge is -2.14. The van der Waals surface area contributed by atoms with E-state index in [1.54, 1.807) is 62.4 Å². The third-order valence-electron chi connectivity index (χ3n) is 4.58. The lowest BCUT2D eigenvalue weighted by molar-refractivity contribution is -0.122. The minimum absolute atomic E-state index is 0.136. The Hall–Kier alpha value is -3.28. The average molecular weight is 394 g/mol. The Bertz CT molecular complexity index is 778. The standard InChI is InChI=1S/C23H26N2O4/c1-16(24-22(28)18-10-5-3-6-11-18)20(26)14-9-15-21(27)17(2)25-23(29)19-12-7-4-8-13-19/h3-8,10-13,16-17H,9,14-15H2,1-2H3,(H,24,28)(H,25,29)/t16-,17-/m0/s1. The fraction of sp³-hybridized carbons (Fsp3) is 0.304. The van der Waals surface area contributed by atoms with Crippen LogP contribution in [0.4, 0.5) is 0 Å². The topological polar surface area (TPSA) is 92.3 Å². The van der Waals surface area contributed by atoms with E-state index < -0.39 is 12.1 Å². The zero-order valence-corrected chi connectivity index (χ0v) is 16.7. The molecule has 0 spiro atoms. The summed E-state index contributed by atoms with van der Waals surface area (Å²) in [7, 11) is 0. The smallest absolute Gasteiger partial charge is 0.251 e. The second-order valence-corrected chi connectivity index (χ2v) is 6.91. The Labute approximate surface area is 170 Å². The quantitative estimate of drug-likeness (QED) is 0.648. The minimum atomic E-state index is -0.631. The first kappa shape index (κ1) is 22.0. The van der Waals surface area contributed by atoms with Crippen LogP contribution in [0.25, 0.3) is 0 Å². The monoisotopic (exact) mass is 394 g/mol. The summed E-state index contributed by atoms with van der Waals surface area (Å²) in [4.78, 5) is 48.6. The largest absolute Gasteiger partial charge is 0.343 e. The number of rotatable bonds is 10. The maximum absolute atomic E-state index is 12.2. The summed E-state index contributed by atoms with van der Waals surface area (Å²) in [5.74, 6) is -0.884. The van der Waals surface area contributed by atoms with Crippen LogP contribution in [0, 0.1) is 0 Å². The molecule has 0 unspecified atom stereocenters. The van der Waals surface area contributed by atoms with Crippen LogP contribution < -0.4 is 10.6 Å². The molecule has 2 rings (SSSR count). The highest BCUT2D eigenvalue weighted by Gasteiger charge is 2.19. The van der Waals surface area contributed by atoms with Crippen molar-refractivity contribution >= 4 is 23.4 Å². The van der Waals surface area contributed by atoms with Gasteiger partial charge in [-0.1, -0.05) is 36.4 Å². The first-order chi connectivity index (χ1) is 13.9. The summed E-state index contributed by atoms with van der Waals surface area (Å²) in [5.41, 5.74) is 0.982. The fourth-order valence-corrected chi connectivity index (χ4v) is 2.77. The van der Waals surface area contributed by atoms with E-state index >= 15 is 0 Å². The SMILES string of the molecule is C[C@H](NC(=O)c1ccccc1)C(=O)CCCC(=O)[C@H](C)NC(=O)c1ccccc1. The Morgan fingerprint density at radius 1 is 0.655 bits per heavy atom. The van der Waals surface area contributed by atoms with Crippen molar-refractivity contribution in [1.29, 1.82) is 0 Å². The zero-order valence-electron chi connectivity index (χ0n) is 16.7. The van der Waals surface area contributed by atoms with Gasteiger partial charge < -0.3 is 10.6 Å². The molecule has 6 nitrogen and oxygen atoms in total. The van der Waals surface area contributed by atoms with E-state index in [1.165, 1.54) is 0 Å². The van der Waals surface area contributed by atoms with Gasteiger partial charge in [0.15, 0.2) is 11.6 Å². The van der Waals surface area contributed by atoms with Gasteiger partial charge in [0.05, 0.1) is 12.1 Å². The van der Waals surface area contributed by atoms with E-state index in [0.717, 1.165) is 0 Å². The molecule has 0 radical (unpaired) electrons. The third-order valence-corrected chi connectivity index (χ3v) is 4.58. The second kappa shape index (κ2) is 10.9. The summed E-state index contributed by atoms with van der Waals surface area (Å²) in [6.07, 6.45) is 0.734. The van der Waals surface area contributed by atoms with Crippen LogP contribution in [-0.4, -0.2) is 35.5 Å². The van der Waals surface area contributed by atoms with Gasteiger partial charge in [0.1, 0.15) is 0 Å². The van der Waals surface area contributed by atoms with Crippen LogP contribution in [0.2, 0.25) is 0 Å². The zero-order chi connectivity index (χ0) is 21.2. The molecule has 0 aromatic heterocycles. The molecule has 2 aromatic rings. The Morgan fingerprint density at radius 3 is 1.34 bits per heavy atom. The molecule has 2 aromatic carbocycles. The first-order valence-electron chi connectivity index (χ1n) is 9.65. The summed E-state index contributed by atoms with van der Waals surface area (Å²) in [5, 5.41) is 5.34. The molecule has 0 bridgehead atoms. The van der Waals surface area contributed by atoms with E-state index in [1.807, 2.05) is 12.1 Å². The minimum Gasteiger partial charge on any atom is -0.343 e. The van der Waals surface area contributed by atoms with Crippen molar-refractivity contribution in [2.45, 2.75) is 45.2 Å². The van der Waals surface area contributed by atoms with E-state index in [-0.39, 0.29) is 36.2 Å². The molecule has 0 saturated heterocycles. The maximum atomic E-state index is 12.2. The molecule has 6 heteroatoms. The summed E-state index contributed by atoms with van der Waals surface area (Å²) >= 11 is 0. The summed E-state index contributed by atoms with van der Waals surface area (Å²) in [6, 6.07) is 16.1. The number of carbonyl (C=O) groups is 4. The lowest BCUT2D eigenvalue weighted by atomic mass is 10.0. The molecule has 152 valence electrons. The molecule has 0 saturated carbocycles. The Balaban J connectivity index is 1.72. The van der Waals surface area contributed by atoms with Gasteiger partial charge in [-0.15, -0.1) is 0 Å². The van der Waals surface area contributed by atoms with Crippen LogP contribution in [0.5, 0.6) is 0 Å². The van der Waals surface area contributed by atoms with Gasteiger partial charge >= 0.3 is 0 Å². The van der Waals surface area contributed by atoms with Crippen molar-refractivity contribution in [2.24, 2.45) is 0 Å². The number of hydrogen-bond donors (Lipinski definition) is 2. The van der Waals surface area contributed by atoms with Crippen molar-refractivity contribution in [3.63, 3.8) is 0 Å². The molecule has 0 aliphatic carbocycles. The Morgan fingerprint density at radius 2 is 1.00 bits per heavy atom. The highest BCUT2D eigenvalue weighted by molar-refractivity contribution is 5.98. The van der Waals surface area contributed by atoms with Gasteiger partial charge in [-0.3, -0.25) is 19.2 Å². The predicted octanol–water partition coefficient (Wildman–Crippen LogP) is 2.93. The normalized spacial score (nSPS) is 12.5. The highest BCUT2D eigenvalue weighted by atomic mass is 16.2. The van der Waals surface area contributed by atoms with E-state index in [9.17, 15) is 19.2 Å². The molecular weight excluding hydrogens is 368 g/mol. The van der Waals surface area contributed by atoms with Gasteiger partial charge in [0.25, 0.3) is 11.8 Å². The summed E-state index contributed by atoms with van der Waals surface area (Å²) in [6.45, 7) is 3.27. The van der Waals surface area contributed by atoms with Crippen LogP contribution in [0.15, 0.2) is 60.7 Å². The Kier molecular flexibility index (Phi) is 8.27. The molecule has 2 N–H and O–H groups in total. The van der Waals surface area contributed by atoms with E-state index in [2.05, 4.69) is 10.6 Å². The number of benzene rings is 2. The second-order valence-electron chi connectivity index (χ2n) is 6.91. The predicted molar refractivity (Wildman–Crippen MR) is 111 cm³/mol. The van der Waals surface area contributed by atoms with E-state index in [0.29, 0.717) is 17.5 Å². The molecule has 2 atom stereocenters. The fourth-order valence-electron chi connectivity index (χ4n) is 2.77. The third kappa shape index (κ3) is 6.99. The molecule has 0 aliphatic rings. The van der Waals surface area contributed by atoms with Crippen molar-refractivity contribution < 1.29 is 19.2 Å². The van der Waals surface area contributed by atoms with Crippen LogP contribution in [0.1, 0.15) is 53.8 Å². The van der Waals surface area contributed by atoms with Gasteiger partial charge in [0, 0.05) is 24.0 Å². The van der Waals surface area contributed by atoms with Crippen molar-refractivity contribution in [3.05, 3.63) is 71.8 Å². The van der Waals surface area contributed by atoms with E-state index in [4.69, 9.17) is 0 Å². The number of amides is 2. The van der Waals surface area contributed by atoms with Gasteiger partial charge in [-0.05, 0) is 44.5 Å². The molecule has 2 amide bonds. The lowest BCUT2D eigenvalue weighted by Crippen LogP contribution is -2.39. The van der Waals surface area contributed by atoms with Crippen molar-refractivity contribution in [2.75, 3.05) is 0 Å². The number of Topliss-reactive ketones (excluding diaryl/α,β-unsaturated/α-hetero) is 2. The molecular formula is C23H26N2O4. The van der Waals surface area contributed by atoms with Gasteiger partial charge in [-0.25, -0.2) is 0 Å². The van der Waals surface area contributed by atoms with Crippen LogP contribution in [0.3, 0.4) is 0 Å². The van der Waals surface area contributed by atoms with Gasteiger partial charge in [-0.2, -0.15) is 0 Å². The number of nitrogens with one attached hydrogen (secondary N) is 2. The van der Waals surface area contributed by atoms with Crippen LogP contribution >= 0.6 is 0 Å². The first-order valence-corrected chi connectivity index (χ1v) is 9.65. The molecule has 0 fully saturated rings.